The predicted octanol–water partition coefficient (Wildman–Crippen LogP) is 7.42. The van der Waals surface area contributed by atoms with E-state index in [2.05, 4.69) is 20.1 Å². The highest BCUT2D eigenvalue weighted by Gasteiger charge is 2.50. The van der Waals surface area contributed by atoms with Crippen LogP contribution in [-0.2, 0) is 6.18 Å². The van der Waals surface area contributed by atoms with Crippen LogP contribution < -0.4 is 20.5 Å². The van der Waals surface area contributed by atoms with Crippen LogP contribution in [0.3, 0.4) is 0 Å². The maximum Gasteiger partial charge on any atom is 0.417 e. The lowest BCUT2D eigenvalue weighted by molar-refractivity contribution is -0.137. The SMILES string of the molecule is [C-]#[N+]c1c(N)sc2c(F)ccc(-c3c(C(F)(F)F)cc4c(OC5CCC6(CNC6)C5)nc(OC[C@@]56CCCN5C[C@H](F)C6)nc4c3F)c12. The molecule has 1 unspecified atom stereocenters. The molecule has 3 atom stereocenters. The first-order chi connectivity index (χ1) is 22.9. The van der Waals surface area contributed by atoms with Gasteiger partial charge in [0.15, 0.2) is 5.82 Å². The summed E-state index contributed by atoms with van der Waals surface area (Å²) in [5.41, 5.74) is 2.02. The van der Waals surface area contributed by atoms with Gasteiger partial charge in [0, 0.05) is 37.0 Å². The van der Waals surface area contributed by atoms with Crippen molar-refractivity contribution in [2.24, 2.45) is 5.41 Å². The van der Waals surface area contributed by atoms with E-state index in [-0.39, 0.29) is 74.7 Å². The average Bonchev–Trinajstić information content (AvgIpc) is 3.77. The summed E-state index contributed by atoms with van der Waals surface area (Å²) in [7, 11) is 0. The first-order valence-electron chi connectivity index (χ1n) is 15.8. The predicted molar refractivity (Wildman–Crippen MR) is 168 cm³/mol. The molecule has 4 aliphatic rings. The summed E-state index contributed by atoms with van der Waals surface area (Å²) in [6.07, 6.45) is -2.55. The number of halogens is 6. The number of nitrogens with zero attached hydrogens (tertiary/aromatic N) is 4. The molecule has 3 N–H and O–H groups in total. The highest BCUT2D eigenvalue weighted by Crippen LogP contribution is 2.51. The monoisotopic (exact) mass is 688 g/mol. The van der Waals surface area contributed by atoms with E-state index in [1.807, 2.05) is 4.90 Å². The van der Waals surface area contributed by atoms with Crippen molar-refractivity contribution in [2.75, 3.05) is 38.5 Å². The summed E-state index contributed by atoms with van der Waals surface area (Å²) in [6.45, 7) is 10.2. The maximum atomic E-state index is 16.9. The molecule has 2 aromatic carbocycles. The highest BCUT2D eigenvalue weighted by atomic mass is 32.1. The molecule has 1 spiro atoms. The number of benzene rings is 2. The second-order valence-electron chi connectivity index (χ2n) is 13.5. The number of hydrogen-bond acceptors (Lipinski definition) is 8. The van der Waals surface area contributed by atoms with Gasteiger partial charge in [0.2, 0.25) is 11.6 Å². The number of rotatable bonds is 6. The zero-order chi connectivity index (χ0) is 33.6. The summed E-state index contributed by atoms with van der Waals surface area (Å²) < 4.78 is 103. The van der Waals surface area contributed by atoms with E-state index in [0.717, 1.165) is 44.1 Å². The molecule has 48 heavy (non-hydrogen) atoms. The molecule has 1 aliphatic carbocycles. The molecule has 3 aliphatic heterocycles. The van der Waals surface area contributed by atoms with Gasteiger partial charge in [-0.25, -0.2) is 18.0 Å². The number of fused-ring (bicyclic) bond motifs is 3. The van der Waals surface area contributed by atoms with Gasteiger partial charge < -0.3 is 20.5 Å². The number of nitrogens with two attached hydrogens (primary N) is 1. The van der Waals surface area contributed by atoms with Crippen molar-refractivity contribution >= 4 is 43.0 Å². The molecule has 8 rings (SSSR count). The van der Waals surface area contributed by atoms with E-state index in [1.54, 1.807) is 0 Å². The quantitative estimate of drug-likeness (QED) is 0.161. The number of alkyl halides is 4. The molecule has 8 nitrogen and oxygen atoms in total. The normalized spacial score (nSPS) is 25.1. The van der Waals surface area contributed by atoms with Gasteiger partial charge in [0.05, 0.1) is 32.8 Å². The van der Waals surface area contributed by atoms with Crippen LogP contribution in [0.1, 0.15) is 44.1 Å². The number of anilines is 1. The smallest absolute Gasteiger partial charge is 0.417 e. The molecular formula is C33H30F6N6O2S. The van der Waals surface area contributed by atoms with Crippen molar-refractivity contribution in [3.63, 3.8) is 0 Å². The molecular weight excluding hydrogens is 658 g/mol. The van der Waals surface area contributed by atoms with Crippen LogP contribution in [-0.4, -0.2) is 65.5 Å². The van der Waals surface area contributed by atoms with Gasteiger partial charge in [-0.2, -0.15) is 23.1 Å². The molecule has 4 fully saturated rings. The van der Waals surface area contributed by atoms with Crippen LogP contribution in [0.5, 0.6) is 11.9 Å². The number of nitrogen functional groups attached to an aromatic ring is 1. The van der Waals surface area contributed by atoms with Crippen molar-refractivity contribution in [1.82, 2.24) is 20.2 Å². The molecule has 0 amide bonds. The first-order valence-corrected chi connectivity index (χ1v) is 16.6. The van der Waals surface area contributed by atoms with E-state index in [0.29, 0.717) is 37.1 Å². The van der Waals surface area contributed by atoms with E-state index < -0.39 is 46.2 Å². The molecule has 2 aromatic heterocycles. The lowest BCUT2D eigenvalue weighted by atomic mass is 9.80. The zero-order valence-electron chi connectivity index (χ0n) is 25.5. The Hall–Kier alpha value is -3.87. The molecule has 5 heterocycles. The van der Waals surface area contributed by atoms with Crippen LogP contribution in [0.25, 0.3) is 37.0 Å². The fraction of sp³-hybridized carbons (Fsp3) is 0.485. The van der Waals surface area contributed by atoms with E-state index >= 15 is 4.39 Å². The van der Waals surface area contributed by atoms with Crippen molar-refractivity contribution < 1.29 is 35.8 Å². The van der Waals surface area contributed by atoms with Crippen LogP contribution in [0.15, 0.2) is 18.2 Å². The average molecular weight is 689 g/mol. The molecule has 0 bridgehead atoms. The topological polar surface area (TPSA) is 89.9 Å². The van der Waals surface area contributed by atoms with E-state index in [1.165, 1.54) is 0 Å². The Labute approximate surface area is 275 Å². The number of ether oxygens (including phenoxy) is 2. The Bertz CT molecular complexity index is 2010. The third-order valence-corrected chi connectivity index (χ3v) is 11.5. The van der Waals surface area contributed by atoms with Crippen LogP contribution in [0.2, 0.25) is 0 Å². The number of aromatic nitrogens is 2. The highest BCUT2D eigenvalue weighted by molar-refractivity contribution is 7.23. The number of hydrogen-bond donors (Lipinski definition) is 2. The fourth-order valence-corrected chi connectivity index (χ4v) is 9.11. The summed E-state index contributed by atoms with van der Waals surface area (Å²) in [5, 5.41) is 2.63. The fourth-order valence-electron chi connectivity index (χ4n) is 8.17. The molecule has 4 aromatic rings. The van der Waals surface area contributed by atoms with Crippen LogP contribution in [0.4, 0.5) is 37.0 Å². The maximum absolute atomic E-state index is 16.9. The minimum absolute atomic E-state index is 0.00676. The van der Waals surface area contributed by atoms with Gasteiger partial charge in [-0.05, 0) is 61.8 Å². The lowest BCUT2D eigenvalue weighted by Crippen LogP contribution is -2.52. The van der Waals surface area contributed by atoms with Crippen molar-refractivity contribution in [3.05, 3.63) is 46.8 Å². The second-order valence-corrected chi connectivity index (χ2v) is 14.5. The molecule has 1 saturated carbocycles. The summed E-state index contributed by atoms with van der Waals surface area (Å²) in [4.78, 5) is 14.0. The van der Waals surface area contributed by atoms with Crippen LogP contribution in [0, 0.1) is 23.6 Å². The summed E-state index contributed by atoms with van der Waals surface area (Å²) in [6, 6.07) is 2.37. The van der Waals surface area contributed by atoms with Crippen molar-refractivity contribution in [3.8, 4) is 23.0 Å². The first kappa shape index (κ1) is 31.4. The van der Waals surface area contributed by atoms with Crippen LogP contribution >= 0.6 is 11.3 Å². The van der Waals surface area contributed by atoms with E-state index in [9.17, 15) is 22.0 Å². The lowest BCUT2D eigenvalue weighted by Gasteiger charge is -2.39. The zero-order valence-corrected chi connectivity index (χ0v) is 26.3. The number of nitrogens with one attached hydrogen (secondary N) is 1. The largest absolute Gasteiger partial charge is 0.474 e. The van der Waals surface area contributed by atoms with Gasteiger partial charge in [0.1, 0.15) is 30.2 Å². The number of thiophene rings is 1. The molecule has 3 saturated heterocycles. The Balaban J connectivity index is 1.30. The minimum atomic E-state index is -5.08. The van der Waals surface area contributed by atoms with Gasteiger partial charge >= 0.3 is 12.2 Å². The minimum Gasteiger partial charge on any atom is -0.474 e. The van der Waals surface area contributed by atoms with E-state index in [4.69, 9.17) is 21.8 Å². The molecule has 0 radical (unpaired) electrons. The Kier molecular flexibility index (Phi) is 7.25. The standard InChI is InChI=1S/C33H30F6N6O2S/c1-41-26-23-18(3-4-21(35)27(23)48-28(26)40)22-20(33(37,38)39)9-19-25(24(22)36)43-30(46-15-32-6-2-8-45(32)12-16(34)10-32)44-29(19)47-17-5-7-31(11-17)13-42-14-31/h3-4,9,16-17,42H,2,5-8,10-15,40H2/t16-,17?,32+/m1/s1. The Morgan fingerprint density at radius 2 is 1.98 bits per heavy atom. The van der Waals surface area contributed by atoms with Gasteiger partial charge in [0.25, 0.3) is 0 Å². The van der Waals surface area contributed by atoms with Gasteiger partial charge in [-0.1, -0.05) is 6.07 Å². The third-order valence-electron chi connectivity index (χ3n) is 10.5. The van der Waals surface area contributed by atoms with Gasteiger partial charge in [-0.3, -0.25) is 4.90 Å². The second kappa shape index (κ2) is 11.1. The summed E-state index contributed by atoms with van der Waals surface area (Å²) in [5.74, 6) is -2.41. The van der Waals surface area contributed by atoms with Gasteiger partial charge in [-0.15, -0.1) is 11.3 Å². The Morgan fingerprint density at radius 3 is 2.69 bits per heavy atom. The van der Waals surface area contributed by atoms with Crippen molar-refractivity contribution in [2.45, 2.75) is 62.5 Å². The Morgan fingerprint density at radius 1 is 1.17 bits per heavy atom. The third kappa shape index (κ3) is 4.94. The van der Waals surface area contributed by atoms with Crippen molar-refractivity contribution in [1.29, 1.82) is 0 Å². The molecule has 252 valence electrons. The summed E-state index contributed by atoms with van der Waals surface area (Å²) >= 11 is 0.701. The molecule has 15 heteroatoms.